The Kier molecular flexibility index (Phi) is 4.39. The van der Waals surface area contributed by atoms with Gasteiger partial charge in [-0.3, -0.25) is 4.98 Å². The van der Waals surface area contributed by atoms with Gasteiger partial charge in [0.2, 0.25) is 0 Å². The van der Waals surface area contributed by atoms with Crippen molar-refractivity contribution in [3.05, 3.63) is 26.9 Å². The lowest BCUT2D eigenvalue weighted by Crippen LogP contribution is -2.26. The van der Waals surface area contributed by atoms with Crippen molar-refractivity contribution in [2.75, 3.05) is 0 Å². The van der Waals surface area contributed by atoms with Crippen molar-refractivity contribution >= 4 is 31.9 Å². The van der Waals surface area contributed by atoms with Gasteiger partial charge in [-0.2, -0.15) is 0 Å². The maximum absolute atomic E-state index is 4.39. The van der Waals surface area contributed by atoms with Gasteiger partial charge in [0.1, 0.15) is 0 Å². The molecule has 4 heteroatoms. The van der Waals surface area contributed by atoms with Gasteiger partial charge in [-0.25, -0.2) is 0 Å². The second kappa shape index (κ2) is 5.61. The van der Waals surface area contributed by atoms with Crippen LogP contribution >= 0.6 is 31.9 Å². The van der Waals surface area contributed by atoms with Gasteiger partial charge in [-0.15, -0.1) is 0 Å². The second-order valence-electron chi connectivity index (χ2n) is 4.54. The summed E-state index contributed by atoms with van der Waals surface area (Å²) in [6.07, 6.45) is 5.99. The van der Waals surface area contributed by atoms with Gasteiger partial charge in [0, 0.05) is 27.7 Å². The number of nitrogens with zero attached hydrogens (tertiary/aromatic N) is 1. The molecule has 1 aliphatic rings. The van der Waals surface area contributed by atoms with Gasteiger partial charge >= 0.3 is 0 Å². The summed E-state index contributed by atoms with van der Waals surface area (Å²) < 4.78 is 2.07. The third kappa shape index (κ3) is 3.82. The lowest BCUT2D eigenvalue weighted by molar-refractivity contribution is 0.483. The van der Waals surface area contributed by atoms with E-state index in [0.717, 1.165) is 27.1 Å². The Bertz CT molecular complexity index is 364. The molecular formula is C12H16Br2N2. The van der Waals surface area contributed by atoms with Gasteiger partial charge < -0.3 is 5.32 Å². The molecule has 2 rings (SSSR count). The second-order valence-corrected chi connectivity index (χ2v) is 6.31. The molecular weight excluding hydrogens is 332 g/mol. The van der Waals surface area contributed by atoms with Crippen LogP contribution in [0, 0.1) is 5.92 Å². The fraction of sp³-hybridized carbons (Fsp3) is 0.583. The van der Waals surface area contributed by atoms with Crippen LogP contribution in [-0.4, -0.2) is 11.0 Å². The van der Waals surface area contributed by atoms with Crippen LogP contribution in [0.15, 0.2) is 21.2 Å². The van der Waals surface area contributed by atoms with E-state index in [9.17, 15) is 0 Å². The predicted molar refractivity (Wildman–Crippen MR) is 73.3 cm³/mol. The molecule has 1 saturated carbocycles. The molecule has 0 radical (unpaired) electrons. The molecule has 1 aromatic rings. The molecule has 88 valence electrons. The van der Waals surface area contributed by atoms with E-state index < -0.39 is 0 Å². The van der Waals surface area contributed by atoms with Crippen molar-refractivity contribution < 1.29 is 0 Å². The lowest BCUT2D eigenvalue weighted by Gasteiger charge is -2.13. The first kappa shape index (κ1) is 12.5. The Labute approximate surface area is 113 Å². The highest BCUT2D eigenvalue weighted by atomic mass is 79.9. The van der Waals surface area contributed by atoms with E-state index in [-0.39, 0.29) is 0 Å². The molecule has 1 aromatic heterocycles. The van der Waals surface area contributed by atoms with Crippen LogP contribution in [0.1, 0.15) is 31.9 Å². The minimum atomic E-state index is 0.588. The first-order valence-electron chi connectivity index (χ1n) is 5.68. The zero-order valence-corrected chi connectivity index (χ0v) is 12.5. The monoisotopic (exact) mass is 346 g/mol. The van der Waals surface area contributed by atoms with Gasteiger partial charge in [-0.1, -0.05) is 12.8 Å². The summed E-state index contributed by atoms with van der Waals surface area (Å²) in [4.78, 5) is 4.39. The minimum absolute atomic E-state index is 0.588. The first-order valence-corrected chi connectivity index (χ1v) is 7.27. The fourth-order valence-corrected chi connectivity index (χ4v) is 2.91. The molecule has 0 aromatic carbocycles. The molecule has 0 amide bonds. The highest BCUT2D eigenvalue weighted by Gasteiger charge is 2.23. The zero-order valence-electron chi connectivity index (χ0n) is 9.34. The molecule has 0 aliphatic heterocycles. The number of nitrogens with one attached hydrogen (secondary N) is 1. The average molecular weight is 348 g/mol. The van der Waals surface area contributed by atoms with Gasteiger partial charge in [0.15, 0.2) is 0 Å². The van der Waals surface area contributed by atoms with Crippen LogP contribution in [-0.2, 0) is 6.54 Å². The molecule has 1 fully saturated rings. The Morgan fingerprint density at radius 3 is 2.88 bits per heavy atom. The van der Waals surface area contributed by atoms with Crippen molar-refractivity contribution in [2.24, 2.45) is 5.92 Å². The smallest absolute Gasteiger partial charge is 0.0684 e. The molecule has 1 unspecified atom stereocenters. The van der Waals surface area contributed by atoms with Crippen LogP contribution in [0.2, 0.25) is 0 Å². The van der Waals surface area contributed by atoms with E-state index in [1.54, 1.807) is 0 Å². The topological polar surface area (TPSA) is 24.9 Å². The molecule has 16 heavy (non-hydrogen) atoms. The number of rotatable bonds is 5. The summed E-state index contributed by atoms with van der Waals surface area (Å²) in [6.45, 7) is 3.09. The summed E-state index contributed by atoms with van der Waals surface area (Å²) in [6, 6.07) is 2.63. The molecule has 1 atom stereocenters. The zero-order chi connectivity index (χ0) is 11.5. The van der Waals surface area contributed by atoms with E-state index in [2.05, 4.69) is 49.1 Å². The first-order chi connectivity index (χ1) is 7.65. The maximum Gasteiger partial charge on any atom is 0.0684 e. The SMILES string of the molecule is CC(CC1CC1)NCc1ncc(Br)cc1Br. The van der Waals surface area contributed by atoms with Crippen LogP contribution in [0.3, 0.4) is 0 Å². The van der Waals surface area contributed by atoms with Crippen molar-refractivity contribution in [1.82, 2.24) is 10.3 Å². The summed E-state index contributed by atoms with van der Waals surface area (Å²) in [5, 5.41) is 3.52. The molecule has 0 saturated heterocycles. The van der Waals surface area contributed by atoms with Gasteiger partial charge in [-0.05, 0) is 57.2 Å². The summed E-state index contributed by atoms with van der Waals surface area (Å²) >= 11 is 6.93. The molecule has 1 aliphatic carbocycles. The quantitative estimate of drug-likeness (QED) is 0.874. The number of halogens is 2. The Hall–Kier alpha value is 0.0700. The Balaban J connectivity index is 1.83. The fourth-order valence-electron chi connectivity index (χ4n) is 1.78. The van der Waals surface area contributed by atoms with Crippen LogP contribution < -0.4 is 5.32 Å². The van der Waals surface area contributed by atoms with E-state index in [1.165, 1.54) is 19.3 Å². The highest BCUT2D eigenvalue weighted by Crippen LogP contribution is 2.33. The maximum atomic E-state index is 4.39. The van der Waals surface area contributed by atoms with E-state index >= 15 is 0 Å². The molecule has 0 bridgehead atoms. The lowest BCUT2D eigenvalue weighted by atomic mass is 10.1. The molecule has 0 spiro atoms. The van der Waals surface area contributed by atoms with Crippen molar-refractivity contribution in [2.45, 2.75) is 38.8 Å². The number of hydrogen-bond acceptors (Lipinski definition) is 2. The minimum Gasteiger partial charge on any atom is -0.309 e. The van der Waals surface area contributed by atoms with Crippen LogP contribution in [0.5, 0.6) is 0 Å². The molecule has 1 heterocycles. The van der Waals surface area contributed by atoms with Gasteiger partial charge in [0.05, 0.1) is 5.69 Å². The third-order valence-corrected chi connectivity index (χ3v) is 4.01. The Morgan fingerprint density at radius 2 is 2.25 bits per heavy atom. The van der Waals surface area contributed by atoms with E-state index in [4.69, 9.17) is 0 Å². The molecule has 1 N–H and O–H groups in total. The van der Waals surface area contributed by atoms with Crippen molar-refractivity contribution in [3.8, 4) is 0 Å². The largest absolute Gasteiger partial charge is 0.309 e. The molecule has 2 nitrogen and oxygen atoms in total. The number of hydrogen-bond donors (Lipinski definition) is 1. The third-order valence-electron chi connectivity index (χ3n) is 2.89. The predicted octanol–water partition coefficient (Wildman–Crippen LogP) is 3.88. The van der Waals surface area contributed by atoms with Crippen LogP contribution in [0.4, 0.5) is 0 Å². The normalized spacial score (nSPS) is 17.4. The van der Waals surface area contributed by atoms with Gasteiger partial charge in [0.25, 0.3) is 0 Å². The summed E-state index contributed by atoms with van der Waals surface area (Å²) in [7, 11) is 0. The number of pyridine rings is 1. The summed E-state index contributed by atoms with van der Waals surface area (Å²) in [5.41, 5.74) is 1.07. The highest BCUT2D eigenvalue weighted by molar-refractivity contribution is 9.11. The number of aromatic nitrogens is 1. The van der Waals surface area contributed by atoms with E-state index in [0.29, 0.717) is 6.04 Å². The average Bonchev–Trinajstić information content (AvgIpc) is 3.00. The van der Waals surface area contributed by atoms with Crippen molar-refractivity contribution in [1.29, 1.82) is 0 Å². The standard InChI is InChI=1S/C12H16Br2N2/c1-8(4-9-2-3-9)15-7-12-11(14)5-10(13)6-16-12/h5-6,8-9,15H,2-4,7H2,1H3. The van der Waals surface area contributed by atoms with Crippen molar-refractivity contribution in [3.63, 3.8) is 0 Å². The van der Waals surface area contributed by atoms with E-state index in [1.807, 2.05) is 12.3 Å². The van der Waals surface area contributed by atoms with Crippen LogP contribution in [0.25, 0.3) is 0 Å². The Morgan fingerprint density at radius 1 is 1.50 bits per heavy atom. The summed E-state index contributed by atoms with van der Waals surface area (Å²) in [5.74, 6) is 0.976.